The van der Waals surface area contributed by atoms with Crippen molar-refractivity contribution in [3.63, 3.8) is 0 Å². The van der Waals surface area contributed by atoms with E-state index in [0.717, 1.165) is 5.56 Å². The average Bonchev–Trinajstić information content (AvgIpc) is 3.16. The second kappa shape index (κ2) is 8.07. The molecule has 0 atom stereocenters. The number of nitrogens with one attached hydrogen (secondary N) is 1. The van der Waals surface area contributed by atoms with Crippen LogP contribution in [0.4, 0.5) is 0 Å². The van der Waals surface area contributed by atoms with E-state index in [2.05, 4.69) is 5.10 Å². The molecule has 4 rings (SSSR count). The molecule has 1 aromatic carbocycles. The molecule has 9 heteroatoms. The topological polar surface area (TPSA) is 79.1 Å². The fourth-order valence-electron chi connectivity index (χ4n) is 3.77. The third-order valence-corrected chi connectivity index (χ3v) is 6.08. The summed E-state index contributed by atoms with van der Waals surface area (Å²) in [5.74, 6) is -0.955. The molecule has 3 aromatic rings. The Morgan fingerprint density at radius 2 is 1.59 bits per heavy atom. The summed E-state index contributed by atoms with van der Waals surface area (Å²) in [6, 6.07) is 8.07. The number of rotatable bonds is 4. The highest BCUT2D eigenvalue weighted by atomic mass is 35.5. The van der Waals surface area contributed by atoms with Crippen molar-refractivity contribution >= 4 is 46.3 Å². The van der Waals surface area contributed by atoms with Crippen molar-refractivity contribution in [2.24, 2.45) is 0 Å². The Labute approximate surface area is 194 Å². The number of halogens is 2. The number of hydrogen-bond donors (Lipinski definition) is 1. The molecule has 0 fully saturated rings. The summed E-state index contributed by atoms with van der Waals surface area (Å²) < 4.78 is 2.87. The van der Waals surface area contributed by atoms with Gasteiger partial charge in [-0.2, -0.15) is 4.57 Å². The summed E-state index contributed by atoms with van der Waals surface area (Å²) in [6.45, 7) is 7.13. The number of aromatic nitrogens is 3. The number of aryl methyl sites for hydroxylation is 2. The van der Waals surface area contributed by atoms with Gasteiger partial charge in [0, 0.05) is 23.9 Å². The Bertz CT molecular complexity index is 1350. The van der Waals surface area contributed by atoms with Crippen molar-refractivity contribution in [1.82, 2.24) is 14.7 Å². The summed E-state index contributed by atoms with van der Waals surface area (Å²) in [6.07, 6.45) is 3.41. The quantitative estimate of drug-likeness (QED) is 0.466. The number of H-pyrrole nitrogens is 1. The van der Waals surface area contributed by atoms with Gasteiger partial charge in [-0.3, -0.25) is 24.4 Å². The van der Waals surface area contributed by atoms with Crippen molar-refractivity contribution in [3.8, 4) is 5.69 Å². The standard InChI is InChI=1S/C23H20Cl2N4O3/c1-12(2)28-21(30)19(20(23(28)32)27-9-7-13(3)8-10-27)18-14(4)26-29(22(18)31)15-5-6-16(24)17(25)11-15/h5-12H,1-4H3/p+1. The van der Waals surface area contributed by atoms with Gasteiger partial charge in [-0.25, -0.2) is 4.68 Å². The molecule has 0 saturated carbocycles. The summed E-state index contributed by atoms with van der Waals surface area (Å²) in [5, 5.41) is 3.64. The van der Waals surface area contributed by atoms with Crippen molar-refractivity contribution < 1.29 is 14.2 Å². The summed E-state index contributed by atoms with van der Waals surface area (Å²) in [5.41, 5.74) is 1.79. The van der Waals surface area contributed by atoms with Crippen LogP contribution in [0.5, 0.6) is 0 Å². The van der Waals surface area contributed by atoms with E-state index in [4.69, 9.17) is 23.2 Å². The third kappa shape index (κ3) is 3.47. The van der Waals surface area contributed by atoms with Gasteiger partial charge in [0.25, 0.3) is 17.2 Å². The second-order valence-electron chi connectivity index (χ2n) is 7.93. The molecule has 2 aromatic heterocycles. The predicted molar refractivity (Wildman–Crippen MR) is 123 cm³/mol. The lowest BCUT2D eigenvalue weighted by molar-refractivity contribution is -0.577. The van der Waals surface area contributed by atoms with Crippen molar-refractivity contribution in [3.05, 3.63) is 79.9 Å². The number of carbonyl (C=O) groups is 2. The maximum Gasteiger partial charge on any atom is 0.327 e. The minimum atomic E-state index is -0.506. The van der Waals surface area contributed by atoms with Crippen LogP contribution in [0.3, 0.4) is 0 Å². The highest BCUT2D eigenvalue weighted by Crippen LogP contribution is 2.31. The van der Waals surface area contributed by atoms with E-state index in [0.29, 0.717) is 16.4 Å². The molecule has 1 N–H and O–H groups in total. The maximum atomic E-state index is 13.5. The number of amides is 2. The molecule has 1 aliphatic rings. The van der Waals surface area contributed by atoms with Gasteiger partial charge in [-0.05, 0) is 51.5 Å². The van der Waals surface area contributed by atoms with E-state index < -0.39 is 17.4 Å². The van der Waals surface area contributed by atoms with Gasteiger partial charge in [0.2, 0.25) is 0 Å². The van der Waals surface area contributed by atoms with Crippen LogP contribution in [0, 0.1) is 13.8 Å². The van der Waals surface area contributed by atoms with Gasteiger partial charge >= 0.3 is 5.91 Å². The molecule has 2 amide bonds. The molecule has 0 unspecified atom stereocenters. The molecular weight excluding hydrogens is 451 g/mol. The van der Waals surface area contributed by atoms with Crippen LogP contribution in [0.1, 0.15) is 30.7 Å². The Hall–Kier alpha value is -3.16. The summed E-state index contributed by atoms with van der Waals surface area (Å²) >= 11 is 12.1. The lowest BCUT2D eigenvalue weighted by Crippen LogP contribution is -2.42. The van der Waals surface area contributed by atoms with Crippen LogP contribution in [0.2, 0.25) is 10.0 Å². The molecular formula is C23H21Cl2N4O3+. The van der Waals surface area contributed by atoms with Crippen LogP contribution >= 0.6 is 23.2 Å². The first-order chi connectivity index (χ1) is 15.1. The van der Waals surface area contributed by atoms with Gasteiger partial charge < -0.3 is 0 Å². The van der Waals surface area contributed by atoms with Gasteiger partial charge in [-0.15, -0.1) is 0 Å². The van der Waals surface area contributed by atoms with E-state index >= 15 is 0 Å². The first-order valence-corrected chi connectivity index (χ1v) is 10.7. The lowest BCUT2D eigenvalue weighted by Gasteiger charge is -2.17. The highest BCUT2D eigenvalue weighted by Gasteiger charge is 2.48. The van der Waals surface area contributed by atoms with E-state index in [1.807, 2.05) is 19.1 Å². The SMILES string of the molecule is Cc1cc[n+](C2=C(c3c(C)[nH]n(-c4ccc(Cl)c(Cl)c4)c3=O)C(=O)N(C(C)C)C2=O)cc1. The minimum Gasteiger partial charge on any atom is -0.295 e. The average molecular weight is 472 g/mol. The van der Waals surface area contributed by atoms with Crippen LogP contribution in [0.15, 0.2) is 47.5 Å². The second-order valence-corrected chi connectivity index (χ2v) is 8.75. The normalized spacial score (nSPS) is 14.3. The van der Waals surface area contributed by atoms with E-state index in [1.54, 1.807) is 55.9 Å². The number of benzene rings is 1. The number of nitrogens with zero attached hydrogens (tertiary/aromatic N) is 3. The fourth-order valence-corrected chi connectivity index (χ4v) is 4.06. The first kappa shape index (κ1) is 22.0. The number of carbonyl (C=O) groups excluding carboxylic acids is 2. The van der Waals surface area contributed by atoms with Crippen LogP contribution in [-0.2, 0) is 9.59 Å². The number of imide groups is 1. The zero-order chi connectivity index (χ0) is 23.3. The zero-order valence-electron chi connectivity index (χ0n) is 17.9. The fraction of sp³-hybridized carbons (Fsp3) is 0.217. The number of aromatic amines is 1. The Morgan fingerprint density at radius 1 is 0.938 bits per heavy atom. The first-order valence-electron chi connectivity index (χ1n) is 9.99. The lowest BCUT2D eigenvalue weighted by atomic mass is 10.1. The van der Waals surface area contributed by atoms with Crippen molar-refractivity contribution in [2.75, 3.05) is 0 Å². The largest absolute Gasteiger partial charge is 0.327 e. The highest BCUT2D eigenvalue weighted by molar-refractivity contribution is 6.44. The van der Waals surface area contributed by atoms with Gasteiger partial charge in [-0.1, -0.05) is 23.2 Å². The zero-order valence-corrected chi connectivity index (χ0v) is 19.5. The van der Waals surface area contributed by atoms with Crippen molar-refractivity contribution in [1.29, 1.82) is 0 Å². The van der Waals surface area contributed by atoms with Gasteiger partial charge in [0.05, 0.1) is 21.3 Å². The molecule has 0 spiro atoms. The Kier molecular flexibility index (Phi) is 5.56. The van der Waals surface area contributed by atoms with Crippen LogP contribution in [-0.4, -0.2) is 32.5 Å². The predicted octanol–water partition coefficient (Wildman–Crippen LogP) is 3.52. The maximum absolute atomic E-state index is 13.5. The molecule has 164 valence electrons. The number of pyridine rings is 1. The monoisotopic (exact) mass is 471 g/mol. The Morgan fingerprint density at radius 3 is 2.19 bits per heavy atom. The molecule has 32 heavy (non-hydrogen) atoms. The van der Waals surface area contributed by atoms with E-state index in [9.17, 15) is 14.4 Å². The van der Waals surface area contributed by atoms with E-state index in [1.165, 1.54) is 9.58 Å². The molecule has 0 radical (unpaired) electrons. The van der Waals surface area contributed by atoms with Gasteiger partial charge in [0.15, 0.2) is 12.4 Å². The van der Waals surface area contributed by atoms with Gasteiger partial charge in [0.1, 0.15) is 5.57 Å². The smallest absolute Gasteiger partial charge is 0.295 e. The molecule has 0 aliphatic carbocycles. The minimum absolute atomic E-state index is 0.0649. The molecule has 1 aliphatic heterocycles. The summed E-state index contributed by atoms with van der Waals surface area (Å²) in [7, 11) is 0. The molecule has 3 heterocycles. The number of hydrogen-bond acceptors (Lipinski definition) is 3. The molecule has 0 saturated heterocycles. The van der Waals surface area contributed by atoms with Crippen LogP contribution in [0.25, 0.3) is 17.0 Å². The van der Waals surface area contributed by atoms with Crippen molar-refractivity contribution in [2.45, 2.75) is 33.7 Å². The van der Waals surface area contributed by atoms with E-state index in [-0.39, 0.29) is 27.9 Å². The molecule has 0 bridgehead atoms. The third-order valence-electron chi connectivity index (χ3n) is 5.34. The molecule has 7 nitrogen and oxygen atoms in total. The summed E-state index contributed by atoms with van der Waals surface area (Å²) in [4.78, 5) is 41.3. The Balaban J connectivity index is 1.98. The van der Waals surface area contributed by atoms with Crippen LogP contribution < -0.4 is 10.1 Å².